The molecule has 83 heavy (non-hydrogen) atoms. The number of aryl methyl sites for hydroxylation is 5. The van der Waals surface area contributed by atoms with Crippen molar-refractivity contribution in [1.29, 1.82) is 0 Å². The smallest absolute Gasteiger partial charge is 0.161 e. The van der Waals surface area contributed by atoms with Crippen LogP contribution in [0.4, 0.5) is 0 Å². The summed E-state index contributed by atoms with van der Waals surface area (Å²) in [6, 6.07) is 28.6. The summed E-state index contributed by atoms with van der Waals surface area (Å²) in [4.78, 5) is 15.7. The Morgan fingerprint density at radius 2 is 0.867 bits per heavy atom. The predicted molar refractivity (Wildman–Crippen MR) is 370 cm³/mol. The van der Waals surface area contributed by atoms with Crippen molar-refractivity contribution in [3.8, 4) is 92.8 Å². The third kappa shape index (κ3) is 18.2. The van der Waals surface area contributed by atoms with E-state index in [1.54, 1.807) is 47.8 Å². The normalized spacial score (nSPS) is 11.0. The number of thiazole rings is 3. The van der Waals surface area contributed by atoms with Crippen LogP contribution in [0.5, 0.6) is 40.2 Å². The van der Waals surface area contributed by atoms with Crippen LogP contribution in [0.25, 0.3) is 52.6 Å². The molecule has 0 unspecified atom stereocenters. The standard InChI is InChI=1S/C19H18BrNO2S.C15H10BrNO4S.C11H10NS.C8H8BrIO.3C4H9.Sn/c1-11-5-6-13(7-12(11)2)19-21-10-18(24-19)14-8-16(22-3)17(23-4)9-15(14)20;16-9-5-13(21)12(20)4-8(9)14-6-17-15(22-14)7-1-2-10(18)11(19)3-7;1-8-3-4-10(7-9(8)2)11-12-5-6-13-11;1-5-3-7(10)6(9)4-8(5)11-2;3*1-3-4-2;/h5-10H,1-4H3;1-6,18-21H;3-5,7H,1-2H3;3-4H,1-2H3;3*1,3-4H2,2H3;. The maximum Gasteiger partial charge on any atom is 0.161 e. The maximum absolute atomic E-state index is 9.63. The van der Waals surface area contributed by atoms with Crippen molar-refractivity contribution >= 4 is 126 Å². The Morgan fingerprint density at radius 3 is 1.36 bits per heavy atom. The summed E-state index contributed by atoms with van der Waals surface area (Å²) in [5, 5.41) is 40.9. The van der Waals surface area contributed by atoms with E-state index in [2.05, 4.69) is 177 Å². The van der Waals surface area contributed by atoms with Crippen molar-refractivity contribution in [3.05, 3.63) is 154 Å². The summed E-state index contributed by atoms with van der Waals surface area (Å²) in [5.41, 5.74) is 11.3. The molecular formula is C65H73Br3IN3O7S3Sn. The Morgan fingerprint density at radius 1 is 0.446 bits per heavy atom. The predicted octanol–water partition coefficient (Wildman–Crippen LogP) is 20.8. The van der Waals surface area contributed by atoms with Gasteiger partial charge in [-0.3, -0.25) is 0 Å². The SMILES string of the molecule is CCC[CH2][Sn]([CH2]CCC)([CH2]CCC)[c]1cnc(-c2ccc(C)c(C)c2)s1.COc1cc(Br)c(-c2cnc(-c3ccc(C)c(C)c3)s2)cc1OC.COc1cc(Br)c(I)cc1C.Oc1ccc(-c2ncc(-c3cc(O)c(O)cc3Br)s2)cc1O. The van der Waals surface area contributed by atoms with Gasteiger partial charge in [0.15, 0.2) is 34.5 Å². The Hall–Kier alpha value is -4.22. The topological polar surface area (TPSA) is 147 Å². The average Bonchev–Trinajstić information content (AvgIpc) is 4.33. The summed E-state index contributed by atoms with van der Waals surface area (Å²) in [7, 11) is 4.96. The van der Waals surface area contributed by atoms with Crippen LogP contribution in [0, 0.1) is 38.2 Å². The second kappa shape index (κ2) is 32.5. The summed E-state index contributed by atoms with van der Waals surface area (Å²) in [6.45, 7) is 17.7. The molecule has 6 aromatic carbocycles. The quantitative estimate of drug-likeness (QED) is 0.0372. The molecule has 18 heteroatoms. The van der Waals surface area contributed by atoms with Crippen LogP contribution < -0.4 is 17.1 Å². The number of phenols is 4. The molecule has 0 atom stereocenters. The van der Waals surface area contributed by atoms with E-state index in [1.807, 2.05) is 42.7 Å². The first-order chi connectivity index (χ1) is 39.7. The Balaban J connectivity index is 0.000000184. The molecule has 0 saturated carbocycles. The van der Waals surface area contributed by atoms with Gasteiger partial charge in [0.05, 0.1) is 31.1 Å². The van der Waals surface area contributed by atoms with Gasteiger partial charge in [-0.05, 0) is 169 Å². The number of aromatic hydroxyl groups is 4. The van der Waals surface area contributed by atoms with Crippen LogP contribution in [-0.4, -0.2) is 75.1 Å². The average molecular weight is 1590 g/mol. The number of hydrogen-bond donors (Lipinski definition) is 4. The first kappa shape index (κ1) is 67.9. The molecule has 9 rings (SSSR count). The van der Waals surface area contributed by atoms with Crippen LogP contribution in [0.15, 0.2) is 123 Å². The van der Waals surface area contributed by atoms with E-state index in [4.69, 9.17) is 19.2 Å². The van der Waals surface area contributed by atoms with Crippen molar-refractivity contribution in [2.24, 2.45) is 0 Å². The van der Waals surface area contributed by atoms with Crippen LogP contribution in [0.1, 0.15) is 87.1 Å². The minimum atomic E-state index is -2.32. The van der Waals surface area contributed by atoms with Crippen molar-refractivity contribution < 1.29 is 34.6 Å². The van der Waals surface area contributed by atoms with E-state index in [0.29, 0.717) is 32.1 Å². The van der Waals surface area contributed by atoms with E-state index < -0.39 is 18.4 Å². The number of halogens is 4. The maximum atomic E-state index is 9.63. The molecule has 0 bridgehead atoms. The number of methoxy groups -OCH3 is 3. The molecule has 0 amide bonds. The van der Waals surface area contributed by atoms with E-state index >= 15 is 0 Å². The summed E-state index contributed by atoms with van der Waals surface area (Å²) >= 11 is 15.4. The number of nitrogens with zero attached hydrogens (tertiary/aromatic N) is 3. The van der Waals surface area contributed by atoms with Gasteiger partial charge in [-0.25, -0.2) is 9.97 Å². The van der Waals surface area contributed by atoms with Crippen LogP contribution in [-0.2, 0) is 0 Å². The molecule has 0 radical (unpaired) electrons. The Labute approximate surface area is 545 Å². The van der Waals surface area contributed by atoms with Gasteiger partial charge in [-0.2, -0.15) is 0 Å². The largest absolute Gasteiger partial charge is 0.504 e. The zero-order chi connectivity index (χ0) is 60.5. The van der Waals surface area contributed by atoms with E-state index in [1.165, 1.54) is 129 Å². The molecule has 9 aromatic rings. The van der Waals surface area contributed by atoms with Gasteiger partial charge in [0.2, 0.25) is 0 Å². The summed E-state index contributed by atoms with van der Waals surface area (Å²) in [5.74, 6) is 1.52. The second-order valence-electron chi connectivity index (χ2n) is 20.2. The molecule has 10 nitrogen and oxygen atoms in total. The fourth-order valence-corrected chi connectivity index (χ4v) is 32.9. The van der Waals surface area contributed by atoms with E-state index in [-0.39, 0.29) is 23.0 Å². The first-order valence-corrected chi connectivity index (χ1v) is 40.8. The molecule has 3 aromatic heterocycles. The molecule has 3 heterocycles. The number of phenolic OH excluding ortho intramolecular Hbond substituents is 4. The number of aromatic nitrogens is 3. The second-order valence-corrected chi connectivity index (χ2v) is 41.2. The van der Waals surface area contributed by atoms with E-state index in [0.717, 1.165) is 40.6 Å². The molecule has 0 fully saturated rings. The number of benzene rings is 6. The molecule has 0 saturated heterocycles. The van der Waals surface area contributed by atoms with Gasteiger partial charge in [0, 0.05) is 51.6 Å². The van der Waals surface area contributed by atoms with Crippen molar-refractivity contribution in [3.63, 3.8) is 0 Å². The van der Waals surface area contributed by atoms with Crippen molar-refractivity contribution in [2.45, 2.75) is 107 Å². The van der Waals surface area contributed by atoms with E-state index in [9.17, 15) is 20.4 Å². The number of rotatable bonds is 18. The molecule has 0 spiro atoms. The molecule has 440 valence electrons. The Bertz CT molecular complexity index is 3590. The van der Waals surface area contributed by atoms with Crippen molar-refractivity contribution in [2.75, 3.05) is 21.3 Å². The first-order valence-electron chi connectivity index (χ1n) is 27.4. The Kier molecular flexibility index (Phi) is 26.6. The van der Waals surface area contributed by atoms with Gasteiger partial charge < -0.3 is 34.6 Å². The van der Waals surface area contributed by atoms with Crippen LogP contribution in [0.3, 0.4) is 0 Å². The summed E-state index contributed by atoms with van der Waals surface area (Å²) < 4.78 is 26.1. The fraction of sp³-hybridized carbons (Fsp3) is 0.308. The van der Waals surface area contributed by atoms with Gasteiger partial charge in [-0.1, -0.05) is 12.1 Å². The van der Waals surface area contributed by atoms with Gasteiger partial charge >= 0.3 is 170 Å². The summed E-state index contributed by atoms with van der Waals surface area (Å²) in [6.07, 6.45) is 14.1. The van der Waals surface area contributed by atoms with Gasteiger partial charge in [-0.15, -0.1) is 22.7 Å². The van der Waals surface area contributed by atoms with Crippen molar-refractivity contribution in [1.82, 2.24) is 15.0 Å². The third-order valence-electron chi connectivity index (χ3n) is 14.3. The third-order valence-corrected chi connectivity index (χ3v) is 39.3. The zero-order valence-corrected chi connectivity index (χ0v) is 61.1. The van der Waals surface area contributed by atoms with Gasteiger partial charge in [0.25, 0.3) is 0 Å². The number of unbranched alkanes of at least 4 members (excludes halogenated alkanes) is 3. The number of ether oxygens (including phenoxy) is 3. The molecule has 4 N–H and O–H groups in total. The monoisotopic (exact) mass is 1590 g/mol. The molecular weight excluding hydrogens is 1520 g/mol. The van der Waals surface area contributed by atoms with Gasteiger partial charge in [0.1, 0.15) is 15.8 Å². The zero-order valence-electron chi connectivity index (χ0n) is 48.8. The fourth-order valence-electron chi connectivity index (χ4n) is 9.04. The molecule has 0 aliphatic heterocycles. The molecule has 0 aliphatic carbocycles. The molecule has 0 aliphatic rings. The minimum Gasteiger partial charge on any atom is -0.504 e. The van der Waals surface area contributed by atoms with Crippen LogP contribution in [0.2, 0.25) is 13.3 Å². The van der Waals surface area contributed by atoms with Crippen LogP contribution >= 0.6 is 104 Å². The number of hydrogen-bond acceptors (Lipinski definition) is 13. The minimum absolute atomic E-state index is 0.188.